The molecule has 0 saturated heterocycles. The van der Waals surface area contributed by atoms with Crippen LogP contribution in [-0.2, 0) is 0 Å². The summed E-state index contributed by atoms with van der Waals surface area (Å²) < 4.78 is 13.2. The zero-order valence-corrected chi connectivity index (χ0v) is 14.2. The highest BCUT2D eigenvalue weighted by molar-refractivity contribution is 5.80. The summed E-state index contributed by atoms with van der Waals surface area (Å²) in [7, 11) is 0. The van der Waals surface area contributed by atoms with Gasteiger partial charge in [-0.1, -0.05) is 54.6 Å². The second-order valence-corrected chi connectivity index (χ2v) is 5.95. The van der Waals surface area contributed by atoms with Crippen LogP contribution in [0, 0.1) is 12.7 Å². The van der Waals surface area contributed by atoms with Crippen LogP contribution in [0.2, 0.25) is 0 Å². The Labute approximate surface area is 151 Å². The molecule has 0 bridgehead atoms. The summed E-state index contributed by atoms with van der Waals surface area (Å²) in [5.74, 6) is 1.48. The highest BCUT2D eigenvalue weighted by Crippen LogP contribution is 2.30. The van der Waals surface area contributed by atoms with Crippen molar-refractivity contribution in [3.05, 3.63) is 90.5 Å². The third kappa shape index (κ3) is 3.22. The first-order valence-corrected chi connectivity index (χ1v) is 8.34. The Kier molecular flexibility index (Phi) is 4.23. The van der Waals surface area contributed by atoms with Gasteiger partial charge in [-0.15, -0.1) is 0 Å². The van der Waals surface area contributed by atoms with Crippen molar-refractivity contribution in [2.45, 2.75) is 6.92 Å². The fourth-order valence-corrected chi connectivity index (χ4v) is 2.88. The lowest BCUT2D eigenvalue weighted by atomic mass is 9.99. The van der Waals surface area contributed by atoms with Gasteiger partial charge >= 0.3 is 0 Å². The van der Waals surface area contributed by atoms with E-state index in [1.165, 1.54) is 12.1 Å². The molecule has 4 aromatic rings. The van der Waals surface area contributed by atoms with Gasteiger partial charge in [0.15, 0.2) is 11.6 Å². The smallest absolute Gasteiger partial charge is 0.164 e. The molecule has 26 heavy (non-hydrogen) atoms. The zero-order chi connectivity index (χ0) is 17.9. The van der Waals surface area contributed by atoms with Crippen molar-refractivity contribution in [3.63, 3.8) is 0 Å². The Morgan fingerprint density at radius 3 is 1.92 bits per heavy atom. The molecule has 0 atom stereocenters. The highest BCUT2D eigenvalue weighted by Gasteiger charge is 2.12. The van der Waals surface area contributed by atoms with Crippen molar-refractivity contribution in [2.24, 2.45) is 0 Å². The maximum absolute atomic E-state index is 13.2. The van der Waals surface area contributed by atoms with E-state index in [1.807, 2.05) is 43.3 Å². The van der Waals surface area contributed by atoms with Gasteiger partial charge in [0.1, 0.15) is 11.6 Å². The first-order chi connectivity index (χ1) is 12.7. The van der Waals surface area contributed by atoms with Crippen LogP contribution in [0.1, 0.15) is 5.82 Å². The van der Waals surface area contributed by atoms with Crippen LogP contribution >= 0.6 is 0 Å². The average molecular weight is 341 g/mol. The second-order valence-electron chi connectivity index (χ2n) is 5.95. The summed E-state index contributed by atoms with van der Waals surface area (Å²) in [6.07, 6.45) is 0. The lowest BCUT2D eigenvalue weighted by Crippen LogP contribution is -2.00. The molecule has 0 saturated carbocycles. The molecule has 4 heteroatoms. The van der Waals surface area contributed by atoms with E-state index < -0.39 is 0 Å². The van der Waals surface area contributed by atoms with E-state index in [1.54, 1.807) is 12.1 Å². The predicted octanol–water partition coefficient (Wildman–Crippen LogP) is 5.32. The first kappa shape index (κ1) is 16.1. The van der Waals surface area contributed by atoms with Crippen LogP contribution in [0.4, 0.5) is 4.39 Å². The highest BCUT2D eigenvalue weighted by atomic mass is 19.1. The van der Waals surface area contributed by atoms with Crippen molar-refractivity contribution in [1.29, 1.82) is 0 Å². The van der Waals surface area contributed by atoms with Crippen LogP contribution in [-0.4, -0.2) is 15.0 Å². The standard InChI is InChI=1S/C22H16FN3/c1-15-24-21(17-11-13-18(23)14-12-17)26-22(25-15)20-10-6-5-9-19(20)16-7-3-2-4-8-16/h2-14H,1H3. The third-order valence-corrected chi connectivity index (χ3v) is 4.10. The van der Waals surface area contributed by atoms with Crippen LogP contribution in [0.3, 0.4) is 0 Å². The van der Waals surface area contributed by atoms with Crippen LogP contribution < -0.4 is 0 Å². The van der Waals surface area contributed by atoms with Crippen molar-refractivity contribution in [1.82, 2.24) is 15.0 Å². The van der Waals surface area contributed by atoms with E-state index in [9.17, 15) is 4.39 Å². The Bertz CT molecular complexity index is 1040. The van der Waals surface area contributed by atoms with Gasteiger partial charge in [-0.2, -0.15) is 0 Å². The number of hydrogen-bond acceptors (Lipinski definition) is 3. The Morgan fingerprint density at radius 1 is 0.577 bits per heavy atom. The minimum Gasteiger partial charge on any atom is -0.213 e. The van der Waals surface area contributed by atoms with Gasteiger partial charge in [-0.05, 0) is 42.3 Å². The topological polar surface area (TPSA) is 38.7 Å². The molecular formula is C22H16FN3. The molecule has 1 heterocycles. The van der Waals surface area contributed by atoms with Gasteiger partial charge in [-0.25, -0.2) is 19.3 Å². The minimum absolute atomic E-state index is 0.283. The fraction of sp³-hybridized carbons (Fsp3) is 0.0455. The number of nitrogens with zero attached hydrogens (tertiary/aromatic N) is 3. The van der Waals surface area contributed by atoms with Crippen LogP contribution in [0.5, 0.6) is 0 Å². The molecule has 0 fully saturated rings. The molecule has 3 aromatic carbocycles. The Balaban J connectivity index is 1.86. The lowest BCUT2D eigenvalue weighted by Gasteiger charge is -2.10. The molecule has 4 rings (SSSR count). The Morgan fingerprint density at radius 2 is 1.19 bits per heavy atom. The number of rotatable bonds is 3. The van der Waals surface area contributed by atoms with Crippen molar-refractivity contribution < 1.29 is 4.39 Å². The van der Waals surface area contributed by atoms with Gasteiger partial charge in [-0.3, -0.25) is 0 Å². The van der Waals surface area contributed by atoms with E-state index in [0.29, 0.717) is 17.5 Å². The van der Waals surface area contributed by atoms with Gasteiger partial charge < -0.3 is 0 Å². The maximum atomic E-state index is 13.2. The van der Waals surface area contributed by atoms with E-state index in [-0.39, 0.29) is 5.82 Å². The molecular weight excluding hydrogens is 325 g/mol. The molecule has 0 radical (unpaired) electrons. The van der Waals surface area contributed by atoms with E-state index in [4.69, 9.17) is 0 Å². The summed E-state index contributed by atoms with van der Waals surface area (Å²) in [5.41, 5.74) is 3.86. The van der Waals surface area contributed by atoms with Crippen molar-refractivity contribution in [2.75, 3.05) is 0 Å². The van der Waals surface area contributed by atoms with E-state index in [0.717, 1.165) is 22.3 Å². The zero-order valence-electron chi connectivity index (χ0n) is 14.2. The van der Waals surface area contributed by atoms with Gasteiger partial charge in [0.2, 0.25) is 0 Å². The normalized spacial score (nSPS) is 10.7. The fourth-order valence-electron chi connectivity index (χ4n) is 2.88. The van der Waals surface area contributed by atoms with E-state index >= 15 is 0 Å². The quantitative estimate of drug-likeness (QED) is 0.506. The third-order valence-electron chi connectivity index (χ3n) is 4.10. The SMILES string of the molecule is Cc1nc(-c2ccc(F)cc2)nc(-c2ccccc2-c2ccccc2)n1. The molecule has 3 nitrogen and oxygen atoms in total. The molecule has 0 spiro atoms. The number of aromatic nitrogens is 3. The van der Waals surface area contributed by atoms with Gasteiger partial charge in [0.05, 0.1) is 0 Å². The lowest BCUT2D eigenvalue weighted by molar-refractivity contribution is 0.628. The Hall–Kier alpha value is -3.40. The van der Waals surface area contributed by atoms with E-state index in [2.05, 4.69) is 33.2 Å². The number of aryl methyl sites for hydroxylation is 1. The van der Waals surface area contributed by atoms with Crippen molar-refractivity contribution >= 4 is 0 Å². The minimum atomic E-state index is -0.283. The second kappa shape index (κ2) is 6.84. The maximum Gasteiger partial charge on any atom is 0.164 e. The molecule has 126 valence electrons. The van der Waals surface area contributed by atoms with Gasteiger partial charge in [0, 0.05) is 11.1 Å². The monoisotopic (exact) mass is 341 g/mol. The summed E-state index contributed by atoms with van der Waals surface area (Å²) in [5, 5.41) is 0. The largest absolute Gasteiger partial charge is 0.213 e. The first-order valence-electron chi connectivity index (χ1n) is 8.34. The summed E-state index contributed by atoms with van der Waals surface area (Å²) in [6.45, 7) is 1.84. The summed E-state index contributed by atoms with van der Waals surface area (Å²) in [4.78, 5) is 13.6. The molecule has 0 unspecified atom stereocenters. The molecule has 0 aliphatic heterocycles. The van der Waals surface area contributed by atoms with Gasteiger partial charge in [0.25, 0.3) is 0 Å². The predicted molar refractivity (Wildman–Crippen MR) is 101 cm³/mol. The molecule has 1 aromatic heterocycles. The van der Waals surface area contributed by atoms with Crippen molar-refractivity contribution in [3.8, 4) is 33.9 Å². The number of benzene rings is 3. The molecule has 0 aliphatic rings. The number of halogens is 1. The molecule has 0 aliphatic carbocycles. The number of hydrogen-bond donors (Lipinski definition) is 0. The average Bonchev–Trinajstić information content (AvgIpc) is 2.69. The summed E-state index contributed by atoms with van der Waals surface area (Å²) >= 11 is 0. The molecule has 0 amide bonds. The van der Waals surface area contributed by atoms with Crippen LogP contribution in [0.15, 0.2) is 78.9 Å². The molecule has 0 N–H and O–H groups in total. The van der Waals surface area contributed by atoms with Crippen LogP contribution in [0.25, 0.3) is 33.9 Å². The summed E-state index contributed by atoms with van der Waals surface area (Å²) in [6, 6.07) is 24.3.